The zero-order chi connectivity index (χ0) is 15.0. The number of carboxylic acid groups (broad SMARTS) is 1. The predicted molar refractivity (Wildman–Crippen MR) is 71.3 cm³/mol. The summed E-state index contributed by atoms with van der Waals surface area (Å²) < 4.78 is 1.57. The molecule has 7 nitrogen and oxygen atoms in total. The van der Waals surface area contributed by atoms with E-state index in [-0.39, 0.29) is 35.9 Å². The first kappa shape index (κ1) is 13.5. The molecular formula is C14H15N3O4. The molecule has 2 aliphatic rings. The summed E-state index contributed by atoms with van der Waals surface area (Å²) in [6.45, 7) is 0.602. The summed E-state index contributed by atoms with van der Waals surface area (Å²) in [5, 5.41) is 8.80. The van der Waals surface area contributed by atoms with E-state index in [1.165, 1.54) is 17.4 Å². The Kier molecular flexibility index (Phi) is 3.32. The molecule has 0 aromatic carbocycles. The normalized spacial score (nSPS) is 24.5. The van der Waals surface area contributed by atoms with Crippen LogP contribution in [-0.2, 0) is 16.1 Å². The first-order valence-electron chi connectivity index (χ1n) is 6.83. The van der Waals surface area contributed by atoms with Gasteiger partial charge in [-0.05, 0) is 12.8 Å². The smallest absolute Gasteiger partial charge is 0.356 e. The van der Waals surface area contributed by atoms with Crippen molar-refractivity contribution in [2.24, 2.45) is 11.8 Å². The molecule has 7 heteroatoms. The van der Waals surface area contributed by atoms with Gasteiger partial charge in [0.25, 0.3) is 0 Å². The van der Waals surface area contributed by atoms with Crippen molar-refractivity contribution in [3.05, 3.63) is 30.4 Å². The Balaban J connectivity index is 1.66. The van der Waals surface area contributed by atoms with Gasteiger partial charge < -0.3 is 9.67 Å². The van der Waals surface area contributed by atoms with Gasteiger partial charge in [-0.15, -0.1) is 0 Å². The average molecular weight is 289 g/mol. The number of hydrogen-bond acceptors (Lipinski definition) is 4. The highest BCUT2D eigenvalue weighted by molar-refractivity contribution is 6.05. The maximum absolute atomic E-state index is 12.2. The van der Waals surface area contributed by atoms with Crippen molar-refractivity contribution in [1.29, 1.82) is 0 Å². The van der Waals surface area contributed by atoms with E-state index in [9.17, 15) is 14.4 Å². The number of likely N-dealkylation sites (tertiary alicyclic amines) is 1. The highest BCUT2D eigenvalue weighted by atomic mass is 16.4. The van der Waals surface area contributed by atoms with Crippen molar-refractivity contribution >= 4 is 17.8 Å². The molecule has 110 valence electrons. The van der Waals surface area contributed by atoms with Gasteiger partial charge in [0, 0.05) is 19.3 Å². The molecule has 2 atom stereocenters. The molecule has 2 amide bonds. The number of nitrogens with zero attached hydrogens (tertiary/aromatic N) is 3. The Morgan fingerprint density at radius 3 is 2.33 bits per heavy atom. The van der Waals surface area contributed by atoms with Gasteiger partial charge in [-0.2, -0.15) is 0 Å². The summed E-state index contributed by atoms with van der Waals surface area (Å²) in [5.74, 6) is -1.78. The minimum Gasteiger partial charge on any atom is -0.476 e. The number of carbonyl (C=O) groups excluding carboxylic acids is 2. The molecule has 1 aromatic heterocycles. The van der Waals surface area contributed by atoms with Gasteiger partial charge in [-0.3, -0.25) is 14.5 Å². The highest BCUT2D eigenvalue weighted by Gasteiger charge is 2.46. The van der Waals surface area contributed by atoms with Crippen molar-refractivity contribution < 1.29 is 19.5 Å². The fraction of sp³-hybridized carbons (Fsp3) is 0.429. The molecule has 3 rings (SSSR count). The number of fused-ring (bicyclic) bond motifs is 1. The van der Waals surface area contributed by atoms with Gasteiger partial charge in [-0.25, -0.2) is 9.78 Å². The van der Waals surface area contributed by atoms with E-state index in [0.29, 0.717) is 19.4 Å². The number of imide groups is 1. The quantitative estimate of drug-likeness (QED) is 0.645. The molecule has 21 heavy (non-hydrogen) atoms. The van der Waals surface area contributed by atoms with E-state index in [0.717, 1.165) is 0 Å². The molecule has 0 radical (unpaired) electrons. The third-order valence-electron chi connectivity index (χ3n) is 4.03. The number of amides is 2. The Bertz CT molecular complexity index is 608. The molecule has 1 fully saturated rings. The number of carbonyl (C=O) groups is 3. The molecule has 0 bridgehead atoms. The molecule has 1 saturated heterocycles. The van der Waals surface area contributed by atoms with Crippen LogP contribution in [0.3, 0.4) is 0 Å². The van der Waals surface area contributed by atoms with E-state index in [1.807, 2.05) is 12.2 Å². The van der Waals surface area contributed by atoms with E-state index in [4.69, 9.17) is 5.11 Å². The SMILES string of the molecule is O=C(O)c1cn(CCN2C(=O)[C@H]3CC=CC[C@H]3C2=O)cn1. The first-order valence-corrected chi connectivity index (χ1v) is 6.83. The van der Waals surface area contributed by atoms with E-state index in [1.54, 1.807) is 4.57 Å². The van der Waals surface area contributed by atoms with Crippen LogP contribution in [0.1, 0.15) is 23.3 Å². The van der Waals surface area contributed by atoms with Crippen LogP contribution in [0.5, 0.6) is 0 Å². The van der Waals surface area contributed by atoms with Crippen molar-refractivity contribution in [2.45, 2.75) is 19.4 Å². The molecule has 1 N–H and O–H groups in total. The van der Waals surface area contributed by atoms with Gasteiger partial charge in [-0.1, -0.05) is 12.2 Å². The minimum absolute atomic E-state index is 0.0491. The van der Waals surface area contributed by atoms with Crippen LogP contribution in [0.4, 0.5) is 0 Å². The van der Waals surface area contributed by atoms with Gasteiger partial charge in [0.05, 0.1) is 18.2 Å². The van der Waals surface area contributed by atoms with Gasteiger partial charge in [0.1, 0.15) is 0 Å². The van der Waals surface area contributed by atoms with Crippen LogP contribution >= 0.6 is 0 Å². The molecule has 1 aromatic rings. The van der Waals surface area contributed by atoms with Crippen molar-refractivity contribution in [3.63, 3.8) is 0 Å². The third-order valence-corrected chi connectivity index (χ3v) is 4.03. The van der Waals surface area contributed by atoms with Crippen LogP contribution in [0.2, 0.25) is 0 Å². The lowest BCUT2D eigenvalue weighted by Gasteiger charge is -2.14. The fourth-order valence-corrected chi connectivity index (χ4v) is 2.90. The summed E-state index contributed by atoms with van der Waals surface area (Å²) in [6.07, 6.45) is 7.93. The minimum atomic E-state index is -1.10. The maximum Gasteiger partial charge on any atom is 0.356 e. The van der Waals surface area contributed by atoms with E-state index < -0.39 is 5.97 Å². The van der Waals surface area contributed by atoms with Gasteiger partial charge in [0.2, 0.25) is 11.8 Å². The fourth-order valence-electron chi connectivity index (χ4n) is 2.90. The Morgan fingerprint density at radius 1 is 1.19 bits per heavy atom. The van der Waals surface area contributed by atoms with Crippen LogP contribution in [0.25, 0.3) is 0 Å². The second-order valence-corrected chi connectivity index (χ2v) is 5.29. The number of hydrogen-bond donors (Lipinski definition) is 1. The summed E-state index contributed by atoms with van der Waals surface area (Å²) in [5.41, 5.74) is -0.0491. The van der Waals surface area contributed by atoms with Crippen molar-refractivity contribution in [1.82, 2.24) is 14.5 Å². The topological polar surface area (TPSA) is 92.5 Å². The number of allylic oxidation sites excluding steroid dienone is 2. The zero-order valence-electron chi connectivity index (χ0n) is 11.3. The molecule has 2 heterocycles. The number of aromatic nitrogens is 2. The lowest BCUT2D eigenvalue weighted by molar-refractivity contribution is -0.140. The largest absolute Gasteiger partial charge is 0.476 e. The second-order valence-electron chi connectivity index (χ2n) is 5.29. The Labute approximate surface area is 120 Å². The number of rotatable bonds is 4. The Morgan fingerprint density at radius 2 is 1.81 bits per heavy atom. The summed E-state index contributed by atoms with van der Waals surface area (Å²) >= 11 is 0. The molecular weight excluding hydrogens is 274 g/mol. The van der Waals surface area contributed by atoms with E-state index >= 15 is 0 Å². The van der Waals surface area contributed by atoms with Crippen LogP contribution in [-0.4, -0.2) is 43.9 Å². The number of aromatic carboxylic acids is 1. The van der Waals surface area contributed by atoms with Crippen molar-refractivity contribution in [3.8, 4) is 0 Å². The Hall–Kier alpha value is -2.44. The van der Waals surface area contributed by atoms with Crippen LogP contribution < -0.4 is 0 Å². The van der Waals surface area contributed by atoms with Crippen LogP contribution in [0, 0.1) is 11.8 Å². The average Bonchev–Trinajstić information content (AvgIpc) is 3.03. The van der Waals surface area contributed by atoms with Crippen molar-refractivity contribution in [2.75, 3.05) is 6.54 Å². The van der Waals surface area contributed by atoms with Gasteiger partial charge in [0.15, 0.2) is 5.69 Å². The molecule has 0 unspecified atom stereocenters. The van der Waals surface area contributed by atoms with Gasteiger partial charge >= 0.3 is 5.97 Å². The molecule has 1 aliphatic carbocycles. The highest BCUT2D eigenvalue weighted by Crippen LogP contribution is 2.34. The molecule has 1 aliphatic heterocycles. The second kappa shape index (κ2) is 5.16. The summed E-state index contributed by atoms with van der Waals surface area (Å²) in [4.78, 5) is 40.3. The summed E-state index contributed by atoms with van der Waals surface area (Å²) in [6, 6.07) is 0. The third kappa shape index (κ3) is 2.35. The maximum atomic E-state index is 12.2. The van der Waals surface area contributed by atoms with Crippen LogP contribution in [0.15, 0.2) is 24.7 Å². The first-order chi connectivity index (χ1) is 10.1. The lowest BCUT2D eigenvalue weighted by Crippen LogP contribution is -2.33. The zero-order valence-corrected chi connectivity index (χ0v) is 11.3. The molecule has 0 spiro atoms. The number of imidazole rings is 1. The lowest BCUT2D eigenvalue weighted by atomic mass is 9.85. The standard InChI is InChI=1S/C14H15N3O4/c18-12-9-3-1-2-4-10(9)13(19)17(12)6-5-16-7-11(14(20)21)15-8-16/h1-2,7-10H,3-6H2,(H,20,21)/t9-,10+. The summed E-state index contributed by atoms with van der Waals surface area (Å²) in [7, 11) is 0. The predicted octanol–water partition coefficient (Wildman–Crippen LogP) is 0.532. The monoisotopic (exact) mass is 289 g/mol. The van der Waals surface area contributed by atoms with E-state index in [2.05, 4.69) is 4.98 Å². The molecule has 0 saturated carbocycles. The number of carboxylic acids is 1.